The van der Waals surface area contributed by atoms with Crippen LogP contribution in [0.3, 0.4) is 0 Å². The Morgan fingerprint density at radius 2 is 1.81 bits per heavy atom. The molecule has 1 aromatic heterocycles. The van der Waals surface area contributed by atoms with Crippen molar-refractivity contribution in [2.24, 2.45) is 5.92 Å². The second kappa shape index (κ2) is 5.89. The van der Waals surface area contributed by atoms with Gasteiger partial charge < -0.3 is 15.1 Å². The van der Waals surface area contributed by atoms with Crippen LogP contribution in [0.4, 0.5) is 5.95 Å². The molecule has 0 saturated carbocycles. The third kappa shape index (κ3) is 2.90. The van der Waals surface area contributed by atoms with Gasteiger partial charge in [-0.05, 0) is 50.8 Å². The Morgan fingerprint density at radius 3 is 2.52 bits per heavy atom. The number of anilines is 1. The van der Waals surface area contributed by atoms with Crippen LogP contribution in [0.25, 0.3) is 0 Å². The molecule has 4 saturated heterocycles. The van der Waals surface area contributed by atoms with Crippen molar-refractivity contribution in [2.45, 2.75) is 37.8 Å². The SMILES string of the molecule is c1cnc(N2CCCC(NC3CN4CCC3CC4)C2)nc1. The number of hydrogen-bond acceptors (Lipinski definition) is 5. The Kier molecular flexibility index (Phi) is 3.78. The van der Waals surface area contributed by atoms with Gasteiger partial charge in [0.15, 0.2) is 0 Å². The standard InChI is InChI=1S/C16H25N5/c1-3-14(11-21(8-1)16-17-6-2-7-18-16)19-15-12-20-9-4-13(15)5-10-20/h2,6-7,13-15,19H,1,3-5,8-12H2. The molecule has 0 aliphatic carbocycles. The largest absolute Gasteiger partial charge is 0.339 e. The van der Waals surface area contributed by atoms with Crippen LogP contribution >= 0.6 is 0 Å². The van der Waals surface area contributed by atoms with Gasteiger partial charge in [0.05, 0.1) is 0 Å². The van der Waals surface area contributed by atoms with Crippen molar-refractivity contribution in [3.63, 3.8) is 0 Å². The molecule has 4 aliphatic rings. The molecule has 4 aliphatic heterocycles. The van der Waals surface area contributed by atoms with E-state index in [4.69, 9.17) is 0 Å². The quantitative estimate of drug-likeness (QED) is 0.903. The number of nitrogens with zero attached hydrogens (tertiary/aromatic N) is 4. The van der Waals surface area contributed by atoms with Crippen molar-refractivity contribution in [1.82, 2.24) is 20.2 Å². The van der Waals surface area contributed by atoms with Crippen LogP contribution in [0.1, 0.15) is 25.7 Å². The van der Waals surface area contributed by atoms with Gasteiger partial charge >= 0.3 is 0 Å². The van der Waals surface area contributed by atoms with E-state index >= 15 is 0 Å². The summed E-state index contributed by atoms with van der Waals surface area (Å²) in [5.41, 5.74) is 0. The molecule has 114 valence electrons. The second-order valence-corrected chi connectivity index (χ2v) is 6.75. The summed E-state index contributed by atoms with van der Waals surface area (Å²) in [7, 11) is 0. The minimum atomic E-state index is 0.591. The Labute approximate surface area is 126 Å². The molecule has 0 radical (unpaired) electrons. The molecule has 2 unspecified atom stereocenters. The number of piperidine rings is 4. The van der Waals surface area contributed by atoms with Crippen molar-refractivity contribution >= 4 is 5.95 Å². The zero-order chi connectivity index (χ0) is 14.1. The predicted octanol–water partition coefficient (Wildman–Crippen LogP) is 1.13. The van der Waals surface area contributed by atoms with E-state index < -0.39 is 0 Å². The molecule has 5 rings (SSSR count). The lowest BCUT2D eigenvalue weighted by molar-refractivity contribution is 0.0658. The minimum Gasteiger partial charge on any atom is -0.339 e. The van der Waals surface area contributed by atoms with E-state index in [1.165, 1.54) is 45.3 Å². The highest BCUT2D eigenvalue weighted by Crippen LogP contribution is 2.28. The maximum Gasteiger partial charge on any atom is 0.225 e. The highest BCUT2D eigenvalue weighted by atomic mass is 15.3. The summed E-state index contributed by atoms with van der Waals surface area (Å²) in [5.74, 6) is 1.79. The van der Waals surface area contributed by atoms with Gasteiger partial charge in [0.1, 0.15) is 0 Å². The van der Waals surface area contributed by atoms with Crippen molar-refractivity contribution in [3.05, 3.63) is 18.5 Å². The lowest BCUT2D eigenvalue weighted by atomic mass is 9.83. The third-order valence-electron chi connectivity index (χ3n) is 5.36. The van der Waals surface area contributed by atoms with Crippen LogP contribution in [0.15, 0.2) is 18.5 Å². The molecule has 4 fully saturated rings. The number of hydrogen-bond donors (Lipinski definition) is 1. The summed E-state index contributed by atoms with van der Waals surface area (Å²) in [5, 5.41) is 3.95. The van der Waals surface area contributed by atoms with Gasteiger partial charge in [-0.25, -0.2) is 9.97 Å². The van der Waals surface area contributed by atoms with Gasteiger partial charge in [-0.3, -0.25) is 0 Å². The average Bonchev–Trinajstić information content (AvgIpc) is 2.57. The fraction of sp³-hybridized carbons (Fsp3) is 0.750. The molecular weight excluding hydrogens is 262 g/mol. The van der Waals surface area contributed by atoms with Gasteiger partial charge in [0.25, 0.3) is 0 Å². The Balaban J connectivity index is 1.37. The highest BCUT2D eigenvalue weighted by Gasteiger charge is 2.35. The van der Waals surface area contributed by atoms with Gasteiger partial charge in [-0.1, -0.05) is 0 Å². The molecule has 21 heavy (non-hydrogen) atoms. The van der Waals surface area contributed by atoms with E-state index in [-0.39, 0.29) is 0 Å². The Morgan fingerprint density at radius 1 is 1.00 bits per heavy atom. The number of nitrogens with one attached hydrogen (secondary N) is 1. The van der Waals surface area contributed by atoms with Gasteiger partial charge in [0, 0.05) is 44.1 Å². The molecule has 1 aromatic rings. The van der Waals surface area contributed by atoms with Crippen LogP contribution < -0.4 is 10.2 Å². The van der Waals surface area contributed by atoms with E-state index in [9.17, 15) is 0 Å². The predicted molar refractivity (Wildman–Crippen MR) is 83.4 cm³/mol. The first-order chi connectivity index (χ1) is 10.4. The van der Waals surface area contributed by atoms with E-state index in [1.54, 1.807) is 0 Å². The van der Waals surface area contributed by atoms with E-state index in [2.05, 4.69) is 25.1 Å². The van der Waals surface area contributed by atoms with Crippen molar-refractivity contribution < 1.29 is 0 Å². The van der Waals surface area contributed by atoms with E-state index in [1.807, 2.05) is 18.5 Å². The number of fused-ring (bicyclic) bond motifs is 3. The highest BCUT2D eigenvalue weighted by molar-refractivity contribution is 5.29. The zero-order valence-corrected chi connectivity index (χ0v) is 12.6. The first kappa shape index (κ1) is 13.5. The van der Waals surface area contributed by atoms with Gasteiger partial charge in [-0.15, -0.1) is 0 Å². The number of aromatic nitrogens is 2. The van der Waals surface area contributed by atoms with Crippen molar-refractivity contribution in [3.8, 4) is 0 Å². The summed E-state index contributed by atoms with van der Waals surface area (Å²) in [6.45, 7) is 6.02. The number of rotatable bonds is 3. The molecule has 5 nitrogen and oxygen atoms in total. The maximum absolute atomic E-state index is 4.40. The molecule has 5 heterocycles. The molecule has 0 spiro atoms. The minimum absolute atomic E-state index is 0.591. The van der Waals surface area contributed by atoms with Gasteiger partial charge in [0.2, 0.25) is 5.95 Å². The maximum atomic E-state index is 4.40. The topological polar surface area (TPSA) is 44.3 Å². The fourth-order valence-electron chi connectivity index (χ4n) is 4.21. The smallest absolute Gasteiger partial charge is 0.225 e. The summed E-state index contributed by atoms with van der Waals surface area (Å²) >= 11 is 0. The first-order valence-corrected chi connectivity index (χ1v) is 8.39. The molecule has 0 aromatic carbocycles. The summed E-state index contributed by atoms with van der Waals surface area (Å²) in [6.07, 6.45) is 8.97. The van der Waals surface area contributed by atoms with Crippen LogP contribution in [0, 0.1) is 5.92 Å². The van der Waals surface area contributed by atoms with Crippen molar-refractivity contribution in [1.29, 1.82) is 0 Å². The summed E-state index contributed by atoms with van der Waals surface area (Å²) < 4.78 is 0. The summed E-state index contributed by atoms with van der Waals surface area (Å²) in [6, 6.07) is 3.18. The Hall–Kier alpha value is -1.20. The Bertz CT molecular complexity index is 457. The lowest BCUT2D eigenvalue weighted by Gasteiger charge is -2.47. The van der Waals surface area contributed by atoms with Crippen LogP contribution in [0.2, 0.25) is 0 Å². The van der Waals surface area contributed by atoms with E-state index in [0.717, 1.165) is 25.0 Å². The van der Waals surface area contributed by atoms with Crippen LogP contribution in [0.5, 0.6) is 0 Å². The zero-order valence-electron chi connectivity index (χ0n) is 12.6. The molecular formula is C16H25N5. The fourth-order valence-corrected chi connectivity index (χ4v) is 4.21. The monoisotopic (exact) mass is 287 g/mol. The van der Waals surface area contributed by atoms with Crippen molar-refractivity contribution in [2.75, 3.05) is 37.6 Å². The molecule has 0 amide bonds. The average molecular weight is 287 g/mol. The first-order valence-electron chi connectivity index (χ1n) is 8.39. The molecule has 1 N–H and O–H groups in total. The molecule has 5 heteroatoms. The normalized spacial score (nSPS) is 35.9. The van der Waals surface area contributed by atoms with Gasteiger partial charge in [-0.2, -0.15) is 0 Å². The summed E-state index contributed by atoms with van der Waals surface area (Å²) in [4.78, 5) is 13.8. The van der Waals surface area contributed by atoms with E-state index in [0.29, 0.717) is 12.1 Å². The molecule has 2 atom stereocenters. The second-order valence-electron chi connectivity index (χ2n) is 6.75. The third-order valence-corrected chi connectivity index (χ3v) is 5.36. The molecule has 2 bridgehead atoms. The lowest BCUT2D eigenvalue weighted by Crippen LogP contribution is -2.60. The van der Waals surface area contributed by atoms with Crippen LogP contribution in [-0.4, -0.2) is 59.7 Å². The van der Waals surface area contributed by atoms with Crippen LogP contribution in [-0.2, 0) is 0 Å².